The lowest BCUT2D eigenvalue weighted by Gasteiger charge is -2.51. The molecule has 1 saturated carbocycles. The summed E-state index contributed by atoms with van der Waals surface area (Å²) in [6.07, 6.45) is 3.21. The molecule has 0 aliphatic heterocycles. The van der Waals surface area contributed by atoms with Gasteiger partial charge >= 0.3 is 6.18 Å². The fourth-order valence-electron chi connectivity index (χ4n) is 8.21. The van der Waals surface area contributed by atoms with Crippen LogP contribution < -0.4 is 0 Å². The van der Waals surface area contributed by atoms with Gasteiger partial charge in [-0.2, -0.15) is 18.3 Å². The van der Waals surface area contributed by atoms with Crippen LogP contribution in [0.15, 0.2) is 108 Å². The fraction of sp³-hybridized carbons (Fsp3) is 0.289. The summed E-state index contributed by atoms with van der Waals surface area (Å²) >= 11 is 0. The Balaban J connectivity index is 1.22. The van der Waals surface area contributed by atoms with Crippen LogP contribution >= 0.6 is 0 Å². The molecule has 0 amide bonds. The van der Waals surface area contributed by atoms with Gasteiger partial charge in [-0.1, -0.05) is 84.8 Å². The first kappa shape index (κ1) is 29.6. The maximum atomic E-state index is 15.0. The van der Waals surface area contributed by atoms with Crippen molar-refractivity contribution in [3.8, 4) is 17.1 Å². The zero-order valence-corrected chi connectivity index (χ0v) is 25.8. The van der Waals surface area contributed by atoms with E-state index in [1.807, 2.05) is 82.2 Å². The normalized spacial score (nSPS) is 23.7. The number of alkyl halides is 3. The molecule has 5 nitrogen and oxygen atoms in total. The van der Waals surface area contributed by atoms with Gasteiger partial charge < -0.3 is 4.57 Å². The maximum absolute atomic E-state index is 15.0. The molecule has 0 saturated heterocycles. The molecule has 3 aliphatic carbocycles. The summed E-state index contributed by atoms with van der Waals surface area (Å²) in [4.78, 5) is 0. The second kappa shape index (κ2) is 11.2. The Morgan fingerprint density at radius 2 is 1.64 bits per heavy atom. The predicted octanol–water partition coefficient (Wildman–Crippen LogP) is 8.97. The van der Waals surface area contributed by atoms with Crippen LogP contribution in [-0.2, 0) is 13.0 Å². The minimum Gasteiger partial charge on any atom is -0.306 e. The first-order valence-electron chi connectivity index (χ1n) is 16.0. The second-order valence-corrected chi connectivity index (χ2v) is 13.2. The number of allylic oxidation sites excluding steroid dienone is 3. The zero-order chi connectivity index (χ0) is 32.3. The van der Waals surface area contributed by atoms with E-state index in [1.165, 1.54) is 17.7 Å². The van der Waals surface area contributed by atoms with Gasteiger partial charge in [0.25, 0.3) is 0 Å². The van der Waals surface area contributed by atoms with Gasteiger partial charge in [0.2, 0.25) is 0 Å². The molecular formula is C38H33F4N5. The molecule has 5 aromatic rings. The lowest BCUT2D eigenvalue weighted by molar-refractivity contribution is -0.186. The highest BCUT2D eigenvalue weighted by atomic mass is 19.4. The van der Waals surface area contributed by atoms with Gasteiger partial charge in [0.1, 0.15) is 11.6 Å². The quantitative estimate of drug-likeness (QED) is 0.143. The Morgan fingerprint density at radius 3 is 2.36 bits per heavy atom. The van der Waals surface area contributed by atoms with Gasteiger partial charge in [0.05, 0.1) is 30.0 Å². The highest BCUT2D eigenvalue weighted by Gasteiger charge is 2.56. The van der Waals surface area contributed by atoms with Crippen molar-refractivity contribution >= 4 is 6.08 Å². The van der Waals surface area contributed by atoms with E-state index in [9.17, 15) is 4.39 Å². The molecule has 0 spiro atoms. The van der Waals surface area contributed by atoms with Crippen LogP contribution in [-0.4, -0.2) is 30.7 Å². The number of rotatable bonds is 5. The van der Waals surface area contributed by atoms with Gasteiger partial charge in [-0.15, -0.1) is 10.2 Å². The molecule has 0 N–H and O–H groups in total. The van der Waals surface area contributed by atoms with Crippen LogP contribution in [0.5, 0.6) is 0 Å². The standard InChI is InChI=1S/C38H33F4N5/c1-37-21-26-22-43-47(29-15-13-28(39)14-16-29)33(26)20-27(37)12-17-30-31(37)18-19-32(38(40,41)42)34(30)36-45-44-35(25-10-6-3-7-11-25)46(36)23-24-8-4-2-5-9-24/h2-11,13-16,18,20,22,30,32,34H,12,17,19,21,23H2,1H3/t30?,32-,34-,37+/m1/s1. The number of hydrogen-bond donors (Lipinski definition) is 0. The van der Waals surface area contributed by atoms with Crippen molar-refractivity contribution in [2.24, 2.45) is 17.3 Å². The zero-order valence-electron chi connectivity index (χ0n) is 25.8. The summed E-state index contributed by atoms with van der Waals surface area (Å²) in [5, 5.41) is 13.8. The number of halogens is 4. The fourth-order valence-corrected chi connectivity index (χ4v) is 8.21. The molecule has 1 fully saturated rings. The van der Waals surface area contributed by atoms with Crippen molar-refractivity contribution in [3.05, 3.63) is 137 Å². The number of nitrogens with zero attached hydrogens (tertiary/aromatic N) is 5. The van der Waals surface area contributed by atoms with Gasteiger partial charge in [-0.25, -0.2) is 9.07 Å². The van der Waals surface area contributed by atoms with Crippen LogP contribution in [0.25, 0.3) is 23.2 Å². The van der Waals surface area contributed by atoms with E-state index < -0.39 is 23.4 Å². The van der Waals surface area contributed by atoms with Gasteiger partial charge in [-0.05, 0) is 73.1 Å². The second-order valence-electron chi connectivity index (χ2n) is 13.2. The van der Waals surface area contributed by atoms with E-state index in [-0.39, 0.29) is 18.2 Å². The summed E-state index contributed by atoms with van der Waals surface area (Å²) in [6.45, 7) is 2.54. The molecule has 238 valence electrons. The van der Waals surface area contributed by atoms with E-state index >= 15 is 13.2 Å². The molecule has 9 heteroatoms. The Morgan fingerprint density at radius 1 is 0.915 bits per heavy atom. The van der Waals surface area contributed by atoms with Crippen molar-refractivity contribution in [2.45, 2.75) is 51.2 Å². The first-order chi connectivity index (χ1) is 22.7. The third-order valence-electron chi connectivity index (χ3n) is 10.5. The average molecular weight is 636 g/mol. The third kappa shape index (κ3) is 5.03. The van der Waals surface area contributed by atoms with Crippen LogP contribution in [0.1, 0.15) is 54.7 Å². The molecular weight excluding hydrogens is 602 g/mol. The number of aromatic nitrogens is 5. The number of benzene rings is 3. The third-order valence-corrected chi connectivity index (χ3v) is 10.5. The van der Waals surface area contributed by atoms with Crippen molar-refractivity contribution in [3.63, 3.8) is 0 Å². The van der Waals surface area contributed by atoms with Crippen LogP contribution in [0.3, 0.4) is 0 Å². The van der Waals surface area contributed by atoms with Crippen molar-refractivity contribution in [2.75, 3.05) is 0 Å². The van der Waals surface area contributed by atoms with E-state index in [4.69, 9.17) is 0 Å². The summed E-state index contributed by atoms with van der Waals surface area (Å²) in [5.74, 6) is -2.17. The Labute approximate surface area is 270 Å². The SMILES string of the molecule is C[C@]12Cc3cnn(-c4ccc(F)cc4)c3C=C1CCC1C2=CC[C@@H](C(F)(F)F)[C@@H]1c1nnc(-c2ccccc2)n1Cc1ccccc1. The van der Waals surface area contributed by atoms with Crippen LogP contribution in [0.2, 0.25) is 0 Å². The molecule has 3 aromatic carbocycles. The summed E-state index contributed by atoms with van der Waals surface area (Å²) in [5.41, 5.74) is 6.31. The lowest BCUT2D eigenvalue weighted by atomic mass is 9.54. The lowest BCUT2D eigenvalue weighted by Crippen LogP contribution is -2.44. The predicted molar refractivity (Wildman–Crippen MR) is 172 cm³/mol. The molecule has 8 rings (SSSR count). The van der Waals surface area contributed by atoms with E-state index in [0.29, 0.717) is 37.5 Å². The van der Waals surface area contributed by atoms with E-state index in [2.05, 4.69) is 28.3 Å². The number of hydrogen-bond acceptors (Lipinski definition) is 3. The van der Waals surface area contributed by atoms with Crippen molar-refractivity contribution in [1.82, 2.24) is 24.5 Å². The minimum absolute atomic E-state index is 0.108. The average Bonchev–Trinajstić information content (AvgIpc) is 3.67. The van der Waals surface area contributed by atoms with E-state index in [1.54, 1.807) is 12.1 Å². The summed E-state index contributed by atoms with van der Waals surface area (Å²) in [7, 11) is 0. The molecule has 47 heavy (non-hydrogen) atoms. The maximum Gasteiger partial charge on any atom is 0.392 e. The monoisotopic (exact) mass is 635 g/mol. The number of fused-ring (bicyclic) bond motifs is 4. The molecule has 3 aliphatic rings. The summed E-state index contributed by atoms with van der Waals surface area (Å²) in [6, 6.07) is 25.6. The Kier molecular flexibility index (Phi) is 7.04. The highest BCUT2D eigenvalue weighted by molar-refractivity contribution is 5.64. The molecule has 0 bridgehead atoms. The van der Waals surface area contributed by atoms with Gasteiger partial charge in [0, 0.05) is 16.9 Å². The van der Waals surface area contributed by atoms with E-state index in [0.717, 1.165) is 33.6 Å². The van der Waals surface area contributed by atoms with Crippen molar-refractivity contribution in [1.29, 1.82) is 0 Å². The molecule has 4 atom stereocenters. The molecule has 2 aromatic heterocycles. The molecule has 1 unspecified atom stereocenters. The summed E-state index contributed by atoms with van der Waals surface area (Å²) < 4.78 is 62.4. The largest absolute Gasteiger partial charge is 0.392 e. The minimum atomic E-state index is -4.41. The van der Waals surface area contributed by atoms with Crippen LogP contribution in [0.4, 0.5) is 17.6 Å². The van der Waals surface area contributed by atoms with Crippen molar-refractivity contribution < 1.29 is 17.6 Å². The topological polar surface area (TPSA) is 48.5 Å². The first-order valence-corrected chi connectivity index (χ1v) is 16.0. The Hall–Kier alpha value is -4.79. The molecule has 0 radical (unpaired) electrons. The van der Waals surface area contributed by atoms with Gasteiger partial charge in [-0.3, -0.25) is 0 Å². The molecule has 2 heterocycles. The highest BCUT2D eigenvalue weighted by Crippen LogP contribution is 2.61. The smallest absolute Gasteiger partial charge is 0.306 e. The van der Waals surface area contributed by atoms with Gasteiger partial charge in [0.15, 0.2) is 5.82 Å². The van der Waals surface area contributed by atoms with Crippen LogP contribution in [0, 0.1) is 23.1 Å². The Bertz CT molecular complexity index is 1990.